The summed E-state index contributed by atoms with van der Waals surface area (Å²) in [5.41, 5.74) is 0.410. The fraction of sp³-hybridized carbons (Fsp3) is 0.333. The van der Waals surface area contributed by atoms with Crippen molar-refractivity contribution in [1.29, 1.82) is 0 Å². The van der Waals surface area contributed by atoms with E-state index in [4.69, 9.17) is 9.47 Å². The van der Waals surface area contributed by atoms with E-state index in [0.29, 0.717) is 29.0 Å². The van der Waals surface area contributed by atoms with E-state index >= 15 is 0 Å². The third-order valence-corrected chi connectivity index (χ3v) is 3.05. The Hall–Kier alpha value is -1.69. The molecule has 6 heteroatoms. The topological polar surface area (TPSA) is 64.2 Å². The Labute approximate surface area is 109 Å². The first kappa shape index (κ1) is 12.8. The SMILES string of the molecule is COc1cc2c(=O)[nH]cnc2cc1OCCSC. The summed E-state index contributed by atoms with van der Waals surface area (Å²) in [7, 11) is 1.55. The first-order valence-corrected chi connectivity index (χ1v) is 6.83. The van der Waals surface area contributed by atoms with Crippen molar-refractivity contribution < 1.29 is 9.47 Å². The van der Waals surface area contributed by atoms with Crippen molar-refractivity contribution in [2.45, 2.75) is 0 Å². The average Bonchev–Trinajstić information content (AvgIpc) is 2.39. The molecule has 0 saturated carbocycles. The average molecular weight is 266 g/mol. The molecule has 18 heavy (non-hydrogen) atoms. The number of nitrogens with one attached hydrogen (secondary N) is 1. The lowest BCUT2D eigenvalue weighted by molar-refractivity contribution is 0.314. The van der Waals surface area contributed by atoms with Crippen LogP contribution in [0.25, 0.3) is 10.9 Å². The number of nitrogens with zero attached hydrogens (tertiary/aromatic N) is 1. The molecule has 0 spiro atoms. The van der Waals surface area contributed by atoms with Crippen molar-refractivity contribution in [2.24, 2.45) is 0 Å². The molecule has 0 saturated heterocycles. The molecule has 0 amide bonds. The second kappa shape index (κ2) is 5.77. The van der Waals surface area contributed by atoms with Crippen LogP contribution in [0.1, 0.15) is 0 Å². The van der Waals surface area contributed by atoms with Gasteiger partial charge in [0, 0.05) is 11.8 Å². The quantitative estimate of drug-likeness (QED) is 0.834. The van der Waals surface area contributed by atoms with E-state index in [9.17, 15) is 4.79 Å². The van der Waals surface area contributed by atoms with Gasteiger partial charge in [0.2, 0.25) is 0 Å². The van der Waals surface area contributed by atoms with Gasteiger partial charge in [0.25, 0.3) is 5.56 Å². The summed E-state index contributed by atoms with van der Waals surface area (Å²) in [5.74, 6) is 2.04. The van der Waals surface area contributed by atoms with Gasteiger partial charge >= 0.3 is 0 Å². The van der Waals surface area contributed by atoms with Crippen molar-refractivity contribution in [1.82, 2.24) is 9.97 Å². The van der Waals surface area contributed by atoms with Gasteiger partial charge in [-0.15, -0.1) is 0 Å². The van der Waals surface area contributed by atoms with Gasteiger partial charge in [0.15, 0.2) is 11.5 Å². The van der Waals surface area contributed by atoms with Gasteiger partial charge in [0.1, 0.15) is 0 Å². The van der Waals surface area contributed by atoms with Crippen molar-refractivity contribution in [3.05, 3.63) is 28.8 Å². The van der Waals surface area contributed by atoms with Crippen LogP contribution in [0, 0.1) is 0 Å². The zero-order valence-electron chi connectivity index (χ0n) is 10.2. The molecule has 0 unspecified atom stereocenters. The van der Waals surface area contributed by atoms with E-state index in [0.717, 1.165) is 5.75 Å². The Bertz CT molecular complexity index is 597. The molecule has 0 aliphatic rings. The number of hydrogen-bond donors (Lipinski definition) is 1. The zero-order chi connectivity index (χ0) is 13.0. The van der Waals surface area contributed by atoms with Crippen molar-refractivity contribution >= 4 is 22.7 Å². The number of benzene rings is 1. The predicted octanol–water partition coefficient (Wildman–Crippen LogP) is 1.67. The summed E-state index contributed by atoms with van der Waals surface area (Å²) in [6.45, 7) is 0.590. The summed E-state index contributed by atoms with van der Waals surface area (Å²) in [5, 5.41) is 0.492. The standard InChI is InChI=1S/C12H14N2O3S/c1-16-10-5-8-9(13-7-14-12(8)15)6-11(10)17-3-4-18-2/h5-7H,3-4H2,1-2H3,(H,13,14,15). The maximum Gasteiger partial charge on any atom is 0.258 e. The van der Waals surface area contributed by atoms with E-state index in [2.05, 4.69) is 9.97 Å². The molecule has 0 radical (unpaired) electrons. The highest BCUT2D eigenvalue weighted by molar-refractivity contribution is 7.98. The highest BCUT2D eigenvalue weighted by Crippen LogP contribution is 2.30. The Morgan fingerprint density at radius 2 is 2.22 bits per heavy atom. The van der Waals surface area contributed by atoms with E-state index < -0.39 is 0 Å². The second-order valence-electron chi connectivity index (χ2n) is 3.59. The molecule has 2 rings (SSSR count). The van der Waals surface area contributed by atoms with Gasteiger partial charge in [-0.25, -0.2) is 4.98 Å². The van der Waals surface area contributed by atoms with Gasteiger partial charge in [-0.3, -0.25) is 4.79 Å². The summed E-state index contributed by atoms with van der Waals surface area (Å²) >= 11 is 1.70. The van der Waals surface area contributed by atoms with Gasteiger partial charge in [-0.05, 0) is 12.3 Å². The second-order valence-corrected chi connectivity index (χ2v) is 4.58. The lowest BCUT2D eigenvalue weighted by Gasteiger charge is -2.10. The van der Waals surface area contributed by atoms with E-state index in [-0.39, 0.29) is 5.56 Å². The minimum Gasteiger partial charge on any atom is -0.493 e. The fourth-order valence-electron chi connectivity index (χ4n) is 1.58. The molecule has 96 valence electrons. The molecule has 0 atom stereocenters. The molecule has 0 fully saturated rings. The highest BCUT2D eigenvalue weighted by Gasteiger charge is 2.09. The van der Waals surface area contributed by atoms with Gasteiger partial charge in [-0.2, -0.15) is 11.8 Å². The molecule has 1 N–H and O–H groups in total. The zero-order valence-corrected chi connectivity index (χ0v) is 11.0. The molecule has 1 aromatic carbocycles. The van der Waals surface area contributed by atoms with E-state index in [1.54, 1.807) is 31.0 Å². The third kappa shape index (κ3) is 2.59. The molecule has 0 aliphatic carbocycles. The monoisotopic (exact) mass is 266 g/mol. The van der Waals surface area contributed by atoms with Crippen LogP contribution in [0.3, 0.4) is 0 Å². The number of aromatic nitrogens is 2. The maximum atomic E-state index is 11.6. The molecule has 1 heterocycles. The van der Waals surface area contributed by atoms with E-state index in [1.165, 1.54) is 6.33 Å². The summed E-state index contributed by atoms with van der Waals surface area (Å²) in [6.07, 6.45) is 3.39. The smallest absolute Gasteiger partial charge is 0.258 e. The fourth-order valence-corrected chi connectivity index (χ4v) is 1.83. The van der Waals surface area contributed by atoms with Crippen LogP contribution in [0.2, 0.25) is 0 Å². The lowest BCUT2D eigenvalue weighted by atomic mass is 10.2. The van der Waals surface area contributed by atoms with Crippen LogP contribution in [0.4, 0.5) is 0 Å². The number of rotatable bonds is 5. The number of methoxy groups -OCH3 is 1. The Morgan fingerprint density at radius 3 is 2.94 bits per heavy atom. The number of H-pyrrole nitrogens is 1. The number of thioether (sulfide) groups is 1. The molecular formula is C12H14N2O3S. The molecule has 1 aromatic heterocycles. The third-order valence-electron chi connectivity index (χ3n) is 2.47. The molecule has 0 aliphatic heterocycles. The van der Waals surface area contributed by atoms with Crippen LogP contribution >= 0.6 is 11.8 Å². The summed E-state index contributed by atoms with van der Waals surface area (Å²) in [6, 6.07) is 3.37. The number of fused-ring (bicyclic) bond motifs is 1. The first-order valence-electron chi connectivity index (χ1n) is 5.43. The van der Waals surface area contributed by atoms with Gasteiger partial charge in [0.05, 0.1) is 30.9 Å². The number of aromatic amines is 1. The predicted molar refractivity (Wildman–Crippen MR) is 72.8 cm³/mol. The highest BCUT2D eigenvalue weighted by atomic mass is 32.2. The van der Waals surface area contributed by atoms with Crippen LogP contribution in [0.15, 0.2) is 23.3 Å². The van der Waals surface area contributed by atoms with Gasteiger partial charge in [-0.1, -0.05) is 0 Å². The normalized spacial score (nSPS) is 10.6. The van der Waals surface area contributed by atoms with Crippen LogP contribution in [-0.4, -0.2) is 35.7 Å². The van der Waals surface area contributed by atoms with Crippen molar-refractivity contribution in [3.63, 3.8) is 0 Å². The van der Waals surface area contributed by atoms with Crippen LogP contribution in [0.5, 0.6) is 11.5 Å². The summed E-state index contributed by atoms with van der Waals surface area (Å²) in [4.78, 5) is 18.3. The Kier molecular flexibility index (Phi) is 4.09. The first-order chi connectivity index (χ1) is 8.76. The molecular weight excluding hydrogens is 252 g/mol. The number of hydrogen-bond acceptors (Lipinski definition) is 5. The van der Waals surface area contributed by atoms with Crippen LogP contribution < -0.4 is 15.0 Å². The molecule has 5 nitrogen and oxygen atoms in total. The minimum atomic E-state index is -0.186. The molecule has 0 bridgehead atoms. The largest absolute Gasteiger partial charge is 0.493 e. The van der Waals surface area contributed by atoms with Crippen molar-refractivity contribution in [3.8, 4) is 11.5 Å². The van der Waals surface area contributed by atoms with Gasteiger partial charge < -0.3 is 14.5 Å². The lowest BCUT2D eigenvalue weighted by Crippen LogP contribution is -2.07. The maximum absolute atomic E-state index is 11.6. The number of ether oxygens (including phenoxy) is 2. The van der Waals surface area contributed by atoms with Crippen LogP contribution in [-0.2, 0) is 0 Å². The Morgan fingerprint density at radius 1 is 1.39 bits per heavy atom. The molecule has 2 aromatic rings. The summed E-state index contributed by atoms with van der Waals surface area (Å²) < 4.78 is 10.8. The minimum absolute atomic E-state index is 0.186. The van der Waals surface area contributed by atoms with Crippen molar-refractivity contribution in [2.75, 3.05) is 25.7 Å². The van der Waals surface area contributed by atoms with E-state index in [1.807, 2.05) is 6.26 Å². The Balaban J connectivity index is 2.43.